The van der Waals surface area contributed by atoms with Crippen LogP contribution in [0, 0.1) is 0 Å². The average molecular weight is 520 g/mol. The molecular formula is C26H29N7O3S. The maximum Gasteiger partial charge on any atom is 0.276 e. The Bertz CT molecular complexity index is 1530. The number of hydrogen-bond donors (Lipinski definition) is 4. The smallest absolute Gasteiger partial charge is 0.276 e. The van der Waals surface area contributed by atoms with Gasteiger partial charge in [0.25, 0.3) is 5.91 Å². The normalized spacial score (nSPS) is 16.4. The molecule has 1 saturated heterocycles. The minimum absolute atomic E-state index is 0.198. The summed E-state index contributed by atoms with van der Waals surface area (Å²) in [6.45, 7) is 2.52. The van der Waals surface area contributed by atoms with Gasteiger partial charge in [0.05, 0.1) is 23.5 Å². The van der Waals surface area contributed by atoms with Crippen molar-refractivity contribution in [2.24, 2.45) is 0 Å². The van der Waals surface area contributed by atoms with Crippen LogP contribution < -0.4 is 10.0 Å². The number of carbonyl (C=O) groups is 1. The van der Waals surface area contributed by atoms with Crippen molar-refractivity contribution in [2.45, 2.75) is 25.5 Å². The molecule has 4 aromatic rings. The number of rotatable bonds is 7. The lowest BCUT2D eigenvalue weighted by atomic mass is 10.0. The van der Waals surface area contributed by atoms with Gasteiger partial charge in [-0.25, -0.2) is 9.19 Å². The van der Waals surface area contributed by atoms with E-state index in [0.717, 1.165) is 54.7 Å². The van der Waals surface area contributed by atoms with Crippen molar-refractivity contribution >= 4 is 43.9 Å². The Labute approximate surface area is 215 Å². The van der Waals surface area contributed by atoms with Gasteiger partial charge in [0, 0.05) is 58.9 Å². The van der Waals surface area contributed by atoms with Crippen molar-refractivity contribution in [1.82, 2.24) is 25.1 Å². The summed E-state index contributed by atoms with van der Waals surface area (Å²) in [5.41, 5.74) is 4.48. The third-order valence-electron chi connectivity index (χ3n) is 6.21. The third kappa shape index (κ3) is 6.13. The van der Waals surface area contributed by atoms with Crippen LogP contribution in [0.4, 0.5) is 11.5 Å². The Morgan fingerprint density at radius 2 is 1.97 bits per heavy atom. The van der Waals surface area contributed by atoms with Crippen LogP contribution in [-0.2, 0) is 16.3 Å². The fourth-order valence-corrected chi connectivity index (χ4v) is 4.94. The van der Waals surface area contributed by atoms with E-state index in [4.69, 9.17) is 0 Å². The number of piperidine rings is 1. The molecule has 0 aliphatic carbocycles. The molecule has 192 valence electrons. The van der Waals surface area contributed by atoms with Gasteiger partial charge in [0.15, 0.2) is 5.69 Å². The second-order valence-corrected chi connectivity index (χ2v) is 11.6. The molecule has 11 heteroatoms. The van der Waals surface area contributed by atoms with E-state index in [1.165, 1.54) is 12.5 Å². The number of hydrogen-bond acceptors (Lipinski definition) is 7. The number of pyridine rings is 2. The first-order chi connectivity index (χ1) is 17.7. The molecule has 1 unspecified atom stereocenters. The maximum absolute atomic E-state index is 13.0. The van der Waals surface area contributed by atoms with E-state index in [2.05, 4.69) is 47.0 Å². The number of aromatic nitrogens is 4. The molecule has 1 atom stereocenters. The second-order valence-electron chi connectivity index (χ2n) is 9.42. The molecule has 1 aliphatic heterocycles. The van der Waals surface area contributed by atoms with Crippen LogP contribution >= 0.6 is 0 Å². The summed E-state index contributed by atoms with van der Waals surface area (Å²) < 4.78 is 14.5. The molecule has 1 aliphatic rings. The number of aliphatic hydroxyl groups excluding tert-OH is 1. The van der Waals surface area contributed by atoms with Gasteiger partial charge in [-0.15, -0.1) is 0 Å². The molecule has 0 saturated carbocycles. The first-order valence-corrected chi connectivity index (χ1v) is 14.1. The Kier molecular flexibility index (Phi) is 6.92. The average Bonchev–Trinajstić information content (AvgIpc) is 3.29. The molecule has 5 rings (SSSR count). The van der Waals surface area contributed by atoms with E-state index in [1.807, 2.05) is 30.6 Å². The highest BCUT2D eigenvalue weighted by Crippen LogP contribution is 2.27. The van der Waals surface area contributed by atoms with E-state index in [1.54, 1.807) is 12.1 Å². The largest absolute Gasteiger partial charge is 0.393 e. The molecule has 4 N–H and O–H groups in total. The summed E-state index contributed by atoms with van der Waals surface area (Å²) in [4.78, 5) is 24.0. The van der Waals surface area contributed by atoms with Crippen molar-refractivity contribution in [3.63, 3.8) is 0 Å². The number of likely N-dealkylation sites (tertiary alicyclic amines) is 1. The molecule has 0 bridgehead atoms. The highest BCUT2D eigenvalue weighted by molar-refractivity contribution is 8.00. The quantitative estimate of drug-likeness (QED) is 0.276. The first-order valence-electron chi connectivity index (χ1n) is 11.9. The van der Waals surface area contributed by atoms with Gasteiger partial charge in [0.1, 0.15) is 5.82 Å². The zero-order valence-electron chi connectivity index (χ0n) is 20.5. The molecule has 4 heterocycles. The summed E-state index contributed by atoms with van der Waals surface area (Å²) in [5.74, 6) is 3.58. The van der Waals surface area contributed by atoms with Crippen LogP contribution in [0.2, 0.25) is 0 Å². The molecule has 0 spiro atoms. The fourth-order valence-electron chi connectivity index (χ4n) is 4.37. The third-order valence-corrected chi connectivity index (χ3v) is 6.85. The molecule has 1 aromatic carbocycles. The number of aliphatic hydroxyl groups is 1. The lowest BCUT2D eigenvalue weighted by Gasteiger charge is -2.29. The lowest BCUT2D eigenvalue weighted by molar-refractivity contribution is 0.0792. The molecule has 10 nitrogen and oxygen atoms in total. The topological polar surface area (TPSA) is 136 Å². The number of nitrogens with zero attached hydrogens (tertiary/aromatic N) is 4. The Morgan fingerprint density at radius 1 is 1.16 bits per heavy atom. The van der Waals surface area contributed by atoms with Gasteiger partial charge in [-0.2, -0.15) is 5.10 Å². The van der Waals surface area contributed by atoms with Gasteiger partial charge < -0.3 is 10.4 Å². The minimum Gasteiger partial charge on any atom is -0.393 e. The molecular weight excluding hydrogens is 490 g/mol. The van der Waals surface area contributed by atoms with Gasteiger partial charge in [-0.1, -0.05) is 6.07 Å². The van der Waals surface area contributed by atoms with Crippen molar-refractivity contribution in [2.75, 3.05) is 29.4 Å². The standard InChI is InChI=1S/C26H29N7O3S/c1-37(2,36)32-24-6-4-20(15-28-24)29-26(35)25-22-12-18(3-5-23(22)30-31-25)19-11-17(13-27-14-19)16-33-9-7-21(34)8-10-33/h3-6,11-15,21,34H,1,7-10,16H2,2H3,(H,29,35)(H,30,31)(H,28,32,36). The van der Waals surface area contributed by atoms with Crippen molar-refractivity contribution < 1.29 is 14.1 Å². The number of carbonyl (C=O) groups excluding carboxylic acids is 1. The predicted octanol–water partition coefficient (Wildman–Crippen LogP) is 2.90. The maximum atomic E-state index is 13.0. The predicted molar refractivity (Wildman–Crippen MR) is 147 cm³/mol. The van der Waals surface area contributed by atoms with Crippen LogP contribution in [0.25, 0.3) is 22.0 Å². The van der Waals surface area contributed by atoms with E-state index in [0.29, 0.717) is 16.9 Å². The second kappa shape index (κ2) is 10.3. The van der Waals surface area contributed by atoms with Crippen LogP contribution in [0.5, 0.6) is 0 Å². The highest BCUT2D eigenvalue weighted by atomic mass is 32.2. The van der Waals surface area contributed by atoms with E-state index < -0.39 is 9.71 Å². The number of H-pyrrole nitrogens is 1. The summed E-state index contributed by atoms with van der Waals surface area (Å²) in [5, 5.41) is 20.4. The monoisotopic (exact) mass is 519 g/mol. The van der Waals surface area contributed by atoms with Crippen molar-refractivity contribution in [3.8, 4) is 11.1 Å². The van der Waals surface area contributed by atoms with Crippen LogP contribution in [0.3, 0.4) is 0 Å². The fraction of sp³-hybridized carbons (Fsp3) is 0.269. The van der Waals surface area contributed by atoms with Crippen LogP contribution in [0.1, 0.15) is 28.9 Å². The van der Waals surface area contributed by atoms with Gasteiger partial charge in [-0.05, 0) is 60.2 Å². The molecule has 37 heavy (non-hydrogen) atoms. The molecule has 1 fully saturated rings. The Balaban J connectivity index is 1.33. The summed E-state index contributed by atoms with van der Waals surface area (Å²) >= 11 is 0. The zero-order chi connectivity index (χ0) is 26.0. The number of benzene rings is 1. The van der Waals surface area contributed by atoms with Gasteiger partial charge in [-0.3, -0.25) is 24.5 Å². The lowest BCUT2D eigenvalue weighted by Crippen LogP contribution is -2.35. The molecule has 1 amide bonds. The van der Waals surface area contributed by atoms with Crippen molar-refractivity contribution in [3.05, 3.63) is 66.2 Å². The number of anilines is 2. The number of fused-ring (bicyclic) bond motifs is 1. The zero-order valence-corrected chi connectivity index (χ0v) is 21.3. The summed E-state index contributed by atoms with van der Waals surface area (Å²) in [7, 11) is -2.44. The van der Waals surface area contributed by atoms with E-state index >= 15 is 0 Å². The van der Waals surface area contributed by atoms with E-state index in [9.17, 15) is 14.1 Å². The Morgan fingerprint density at radius 3 is 2.70 bits per heavy atom. The SMILES string of the molecule is C=S(C)(=O)Nc1ccc(NC(=O)c2n[nH]c3ccc(-c4cncc(CN5CCC(O)CC5)c4)cc23)cn1. The summed E-state index contributed by atoms with van der Waals surface area (Å²) in [6.07, 6.45) is 8.03. The van der Waals surface area contributed by atoms with Gasteiger partial charge in [0.2, 0.25) is 0 Å². The first kappa shape index (κ1) is 24.9. The van der Waals surface area contributed by atoms with Crippen LogP contribution in [0.15, 0.2) is 55.0 Å². The van der Waals surface area contributed by atoms with Crippen molar-refractivity contribution in [1.29, 1.82) is 0 Å². The molecule has 3 aromatic heterocycles. The minimum atomic E-state index is -2.44. The Hall–Kier alpha value is -3.80. The number of nitrogens with one attached hydrogen (secondary N) is 3. The highest BCUT2D eigenvalue weighted by Gasteiger charge is 2.18. The number of amides is 1. The molecule has 0 radical (unpaired) electrons. The van der Waals surface area contributed by atoms with Gasteiger partial charge >= 0.3 is 0 Å². The summed E-state index contributed by atoms with van der Waals surface area (Å²) in [6, 6.07) is 11.2. The number of aromatic amines is 1. The van der Waals surface area contributed by atoms with Crippen LogP contribution in [-0.4, -0.2) is 71.6 Å². The van der Waals surface area contributed by atoms with E-state index in [-0.39, 0.29) is 17.7 Å².